The van der Waals surface area contributed by atoms with E-state index in [-0.39, 0.29) is 18.3 Å². The third-order valence-electron chi connectivity index (χ3n) is 4.23. The molecular weight excluding hydrogens is 615 g/mol. The van der Waals surface area contributed by atoms with E-state index in [4.69, 9.17) is 4.74 Å². The predicted octanol–water partition coefficient (Wildman–Crippen LogP) is 6.70. The van der Waals surface area contributed by atoms with Gasteiger partial charge in [0.1, 0.15) is 18.2 Å². The number of carbonyl (C=O) groups excluding carboxylic acids is 1. The molecule has 3 aromatic carbocycles. The SMILES string of the molecule is O=C1Nc2ccccc2S/C1=C\c1cc(I)cc(I)c1OCc1ccccc1F. The highest BCUT2D eigenvalue weighted by Crippen LogP contribution is 2.40. The summed E-state index contributed by atoms with van der Waals surface area (Å²) in [6, 6.07) is 18.2. The molecule has 29 heavy (non-hydrogen) atoms. The molecule has 3 aromatic rings. The van der Waals surface area contributed by atoms with Crippen LogP contribution in [0.5, 0.6) is 5.75 Å². The van der Waals surface area contributed by atoms with Crippen molar-refractivity contribution in [1.82, 2.24) is 0 Å². The molecule has 7 heteroatoms. The second-order valence-corrected chi connectivity index (χ2v) is 9.74. The minimum atomic E-state index is -0.299. The van der Waals surface area contributed by atoms with E-state index in [0.29, 0.717) is 16.2 Å². The van der Waals surface area contributed by atoms with Crippen LogP contribution in [0.25, 0.3) is 6.08 Å². The summed E-state index contributed by atoms with van der Waals surface area (Å²) in [7, 11) is 0. The maximum Gasteiger partial charge on any atom is 0.262 e. The van der Waals surface area contributed by atoms with Crippen LogP contribution in [0.2, 0.25) is 0 Å². The van der Waals surface area contributed by atoms with Gasteiger partial charge in [0.25, 0.3) is 5.91 Å². The Bertz CT molecular complexity index is 1130. The molecule has 1 amide bonds. The number of benzene rings is 3. The zero-order chi connectivity index (χ0) is 20.4. The Kier molecular flexibility index (Phi) is 6.45. The fourth-order valence-corrected chi connectivity index (χ4v) is 5.84. The first-order valence-corrected chi connectivity index (χ1v) is 11.6. The van der Waals surface area contributed by atoms with Crippen LogP contribution >= 0.6 is 56.9 Å². The van der Waals surface area contributed by atoms with Gasteiger partial charge in [0.15, 0.2) is 0 Å². The normalized spacial score (nSPS) is 14.4. The van der Waals surface area contributed by atoms with Crippen LogP contribution in [0.3, 0.4) is 0 Å². The Morgan fingerprint density at radius 2 is 1.83 bits per heavy atom. The molecule has 1 heterocycles. The highest BCUT2D eigenvalue weighted by atomic mass is 127. The number of anilines is 1. The van der Waals surface area contributed by atoms with Crippen molar-refractivity contribution in [1.29, 1.82) is 0 Å². The Balaban J connectivity index is 1.68. The first-order chi connectivity index (χ1) is 14.0. The number of para-hydroxylation sites is 1. The van der Waals surface area contributed by atoms with Crippen molar-refractivity contribution in [3.8, 4) is 5.75 Å². The first kappa shape index (κ1) is 20.7. The van der Waals surface area contributed by atoms with E-state index in [1.54, 1.807) is 18.2 Å². The second-order valence-electron chi connectivity index (χ2n) is 6.25. The third-order valence-corrected chi connectivity index (χ3v) is 6.76. The Morgan fingerprint density at radius 1 is 1.07 bits per heavy atom. The largest absolute Gasteiger partial charge is 0.487 e. The lowest BCUT2D eigenvalue weighted by atomic mass is 10.1. The molecule has 0 aliphatic carbocycles. The van der Waals surface area contributed by atoms with Crippen LogP contribution in [-0.4, -0.2) is 5.91 Å². The fraction of sp³-hybridized carbons (Fsp3) is 0.0455. The molecule has 1 aliphatic rings. The topological polar surface area (TPSA) is 38.3 Å². The van der Waals surface area contributed by atoms with Gasteiger partial charge in [-0.3, -0.25) is 4.79 Å². The zero-order valence-electron chi connectivity index (χ0n) is 14.9. The van der Waals surface area contributed by atoms with Gasteiger partial charge >= 0.3 is 0 Å². The maximum atomic E-state index is 14.0. The number of rotatable bonds is 4. The van der Waals surface area contributed by atoms with Crippen LogP contribution in [0.1, 0.15) is 11.1 Å². The van der Waals surface area contributed by atoms with Crippen molar-refractivity contribution in [2.24, 2.45) is 0 Å². The van der Waals surface area contributed by atoms with Crippen LogP contribution in [0, 0.1) is 13.0 Å². The monoisotopic (exact) mass is 629 g/mol. The molecule has 0 saturated heterocycles. The van der Waals surface area contributed by atoms with E-state index in [9.17, 15) is 9.18 Å². The number of thioether (sulfide) groups is 1. The molecule has 0 aromatic heterocycles. The van der Waals surface area contributed by atoms with Crippen molar-refractivity contribution < 1.29 is 13.9 Å². The molecule has 4 rings (SSSR count). The van der Waals surface area contributed by atoms with Crippen LogP contribution in [-0.2, 0) is 11.4 Å². The van der Waals surface area contributed by atoms with Gasteiger partial charge in [-0.25, -0.2) is 4.39 Å². The van der Waals surface area contributed by atoms with Gasteiger partial charge in [0.2, 0.25) is 0 Å². The van der Waals surface area contributed by atoms with Crippen molar-refractivity contribution >= 4 is 74.6 Å². The van der Waals surface area contributed by atoms with Crippen molar-refractivity contribution in [3.63, 3.8) is 0 Å². The fourth-order valence-electron chi connectivity index (χ4n) is 2.85. The molecule has 1 aliphatic heterocycles. The first-order valence-electron chi connectivity index (χ1n) is 8.66. The summed E-state index contributed by atoms with van der Waals surface area (Å²) in [5, 5.41) is 2.92. The number of nitrogens with one attached hydrogen (secondary N) is 1. The molecule has 146 valence electrons. The molecular formula is C22H14FI2NO2S. The van der Waals surface area contributed by atoms with Crippen LogP contribution < -0.4 is 10.1 Å². The van der Waals surface area contributed by atoms with Gasteiger partial charge in [-0.15, -0.1) is 0 Å². The summed E-state index contributed by atoms with van der Waals surface area (Å²) in [6.45, 7) is 0.113. The molecule has 0 atom stereocenters. The van der Waals surface area contributed by atoms with Gasteiger partial charge < -0.3 is 10.1 Å². The van der Waals surface area contributed by atoms with Gasteiger partial charge in [-0.05, 0) is 81.6 Å². The minimum Gasteiger partial charge on any atom is -0.487 e. The highest BCUT2D eigenvalue weighted by molar-refractivity contribution is 14.1. The molecule has 0 spiro atoms. The maximum absolute atomic E-state index is 14.0. The number of hydrogen-bond donors (Lipinski definition) is 1. The molecule has 0 saturated carbocycles. The smallest absolute Gasteiger partial charge is 0.262 e. The second kappa shape index (κ2) is 9.05. The minimum absolute atomic E-state index is 0.113. The van der Waals surface area contributed by atoms with Gasteiger partial charge in [0.05, 0.1) is 14.2 Å². The Labute approximate surface area is 199 Å². The molecule has 0 fully saturated rings. The van der Waals surface area contributed by atoms with E-state index in [0.717, 1.165) is 23.3 Å². The summed E-state index contributed by atoms with van der Waals surface area (Å²) < 4.78 is 21.9. The molecule has 0 unspecified atom stereocenters. The van der Waals surface area contributed by atoms with Crippen molar-refractivity contribution in [2.75, 3.05) is 5.32 Å². The van der Waals surface area contributed by atoms with E-state index in [1.807, 2.05) is 42.5 Å². The van der Waals surface area contributed by atoms with E-state index in [1.165, 1.54) is 17.8 Å². The average molecular weight is 629 g/mol. The number of ether oxygens (including phenoxy) is 1. The average Bonchev–Trinajstić information content (AvgIpc) is 2.69. The van der Waals surface area contributed by atoms with Crippen LogP contribution in [0.15, 0.2) is 70.5 Å². The molecule has 0 bridgehead atoms. The molecule has 0 radical (unpaired) electrons. The number of amides is 1. The summed E-state index contributed by atoms with van der Waals surface area (Å²) in [5.74, 6) is 0.184. The number of carbonyl (C=O) groups is 1. The summed E-state index contributed by atoms with van der Waals surface area (Å²) in [6.07, 6.45) is 1.83. The van der Waals surface area contributed by atoms with Crippen molar-refractivity contribution in [3.05, 3.63) is 89.7 Å². The third kappa shape index (κ3) is 4.77. The van der Waals surface area contributed by atoms with Gasteiger partial charge in [0, 0.05) is 19.6 Å². The Hall–Kier alpha value is -1.59. The number of fused-ring (bicyclic) bond motifs is 1. The van der Waals surface area contributed by atoms with E-state index >= 15 is 0 Å². The van der Waals surface area contributed by atoms with E-state index in [2.05, 4.69) is 50.5 Å². The summed E-state index contributed by atoms with van der Waals surface area (Å²) in [4.78, 5) is 14.1. The quantitative estimate of drug-likeness (QED) is 0.258. The zero-order valence-corrected chi connectivity index (χ0v) is 20.0. The lowest BCUT2D eigenvalue weighted by Gasteiger charge is -2.19. The number of hydrogen-bond acceptors (Lipinski definition) is 3. The van der Waals surface area contributed by atoms with Crippen LogP contribution in [0.4, 0.5) is 10.1 Å². The highest BCUT2D eigenvalue weighted by Gasteiger charge is 2.21. The number of halogens is 3. The predicted molar refractivity (Wildman–Crippen MR) is 132 cm³/mol. The standard InChI is InChI=1S/C22H14FI2NO2S/c23-16-6-2-1-5-13(16)12-28-21-14(9-15(24)11-17(21)25)10-20-22(27)26-18-7-3-4-8-19(18)29-20/h1-11H,12H2,(H,26,27)/b20-10-. The summed E-state index contributed by atoms with van der Waals surface area (Å²) in [5.41, 5.74) is 2.08. The Morgan fingerprint density at radius 3 is 2.66 bits per heavy atom. The van der Waals surface area contributed by atoms with E-state index < -0.39 is 0 Å². The lowest BCUT2D eigenvalue weighted by Crippen LogP contribution is -2.17. The van der Waals surface area contributed by atoms with Gasteiger partial charge in [-0.2, -0.15) is 0 Å². The molecule has 1 N–H and O–H groups in total. The molecule has 3 nitrogen and oxygen atoms in total. The summed E-state index contributed by atoms with van der Waals surface area (Å²) >= 11 is 5.86. The van der Waals surface area contributed by atoms with Crippen molar-refractivity contribution in [2.45, 2.75) is 11.5 Å². The lowest BCUT2D eigenvalue weighted by molar-refractivity contribution is -0.112. The van der Waals surface area contributed by atoms with Gasteiger partial charge in [-0.1, -0.05) is 42.1 Å².